The molecule has 4 heteroatoms. The number of pyridine rings is 1. The van der Waals surface area contributed by atoms with Crippen LogP contribution >= 0.6 is 15.9 Å². The Morgan fingerprint density at radius 3 is 2.83 bits per heavy atom. The zero-order chi connectivity index (χ0) is 13.0. The average Bonchev–Trinajstić information content (AvgIpc) is 2.75. The minimum Gasteiger partial charge on any atom is -0.465 e. The summed E-state index contributed by atoms with van der Waals surface area (Å²) in [6, 6.07) is 6.32. The molecule has 0 fully saturated rings. The van der Waals surface area contributed by atoms with Crippen LogP contribution in [0.15, 0.2) is 39.5 Å². The van der Waals surface area contributed by atoms with Crippen LogP contribution in [0.4, 0.5) is 0 Å². The van der Waals surface area contributed by atoms with Crippen molar-refractivity contribution in [2.24, 2.45) is 0 Å². The molecule has 1 atom stereocenters. The zero-order valence-electron chi connectivity index (χ0n) is 10.6. The van der Waals surface area contributed by atoms with Crippen LogP contribution in [0.3, 0.4) is 0 Å². The molecule has 0 radical (unpaired) electrons. The number of aromatic nitrogens is 1. The quantitative estimate of drug-likeness (QED) is 0.916. The van der Waals surface area contributed by atoms with E-state index in [9.17, 15) is 0 Å². The van der Waals surface area contributed by atoms with Crippen LogP contribution in [0, 0.1) is 6.92 Å². The van der Waals surface area contributed by atoms with Gasteiger partial charge in [0.25, 0.3) is 0 Å². The maximum Gasteiger partial charge on any atom is 0.121 e. The monoisotopic (exact) mass is 308 g/mol. The number of hydrogen-bond donors (Lipinski definition) is 1. The minimum absolute atomic E-state index is 0.194. The number of nitrogens with one attached hydrogen (secondary N) is 1. The SMILES string of the molecule is CCNC(Cc1cncc(Br)c1)c1ccc(C)o1. The maximum absolute atomic E-state index is 5.71. The molecule has 0 aliphatic heterocycles. The lowest BCUT2D eigenvalue weighted by molar-refractivity contribution is 0.403. The first-order valence-electron chi connectivity index (χ1n) is 6.08. The predicted molar refractivity (Wildman–Crippen MR) is 75.5 cm³/mol. The summed E-state index contributed by atoms with van der Waals surface area (Å²) in [5.74, 6) is 1.93. The highest BCUT2D eigenvalue weighted by molar-refractivity contribution is 9.10. The van der Waals surface area contributed by atoms with E-state index in [0.29, 0.717) is 0 Å². The Bertz CT molecular complexity index is 510. The van der Waals surface area contributed by atoms with Gasteiger partial charge >= 0.3 is 0 Å². The molecule has 0 aromatic carbocycles. The largest absolute Gasteiger partial charge is 0.465 e. The second-order valence-corrected chi connectivity index (χ2v) is 5.19. The van der Waals surface area contributed by atoms with E-state index < -0.39 is 0 Å². The topological polar surface area (TPSA) is 38.1 Å². The zero-order valence-corrected chi connectivity index (χ0v) is 12.2. The molecule has 0 spiro atoms. The Morgan fingerprint density at radius 2 is 2.22 bits per heavy atom. The number of likely N-dealkylation sites (N-methyl/N-ethyl adjacent to an activating group) is 1. The Hall–Kier alpha value is -1.13. The third kappa shape index (κ3) is 3.43. The summed E-state index contributed by atoms with van der Waals surface area (Å²) in [5, 5.41) is 3.44. The van der Waals surface area contributed by atoms with Gasteiger partial charge in [0.15, 0.2) is 0 Å². The van der Waals surface area contributed by atoms with Gasteiger partial charge in [0.2, 0.25) is 0 Å². The van der Waals surface area contributed by atoms with Crippen LogP contribution in [-0.2, 0) is 6.42 Å². The molecule has 0 aliphatic rings. The van der Waals surface area contributed by atoms with E-state index in [1.165, 1.54) is 5.56 Å². The lowest BCUT2D eigenvalue weighted by atomic mass is 10.1. The van der Waals surface area contributed by atoms with Gasteiger partial charge in [-0.2, -0.15) is 0 Å². The number of nitrogens with zero attached hydrogens (tertiary/aromatic N) is 1. The van der Waals surface area contributed by atoms with Gasteiger partial charge in [-0.25, -0.2) is 0 Å². The van der Waals surface area contributed by atoms with Crippen molar-refractivity contribution in [3.05, 3.63) is 52.1 Å². The highest BCUT2D eigenvalue weighted by atomic mass is 79.9. The Kier molecular flexibility index (Phi) is 4.55. The van der Waals surface area contributed by atoms with Gasteiger partial charge < -0.3 is 9.73 Å². The Labute approximate surface area is 116 Å². The summed E-state index contributed by atoms with van der Waals surface area (Å²) in [5.41, 5.74) is 1.18. The van der Waals surface area contributed by atoms with Gasteiger partial charge in [-0.3, -0.25) is 4.98 Å². The predicted octanol–water partition coefficient (Wildman–Crippen LogP) is 3.64. The molecule has 0 saturated heterocycles. The molecule has 2 aromatic heterocycles. The van der Waals surface area contributed by atoms with Gasteiger partial charge in [-0.1, -0.05) is 6.92 Å². The van der Waals surface area contributed by atoms with Crippen molar-refractivity contribution < 1.29 is 4.42 Å². The van der Waals surface area contributed by atoms with Crippen molar-refractivity contribution in [3.63, 3.8) is 0 Å². The number of rotatable bonds is 5. The molecular weight excluding hydrogens is 292 g/mol. The van der Waals surface area contributed by atoms with Crippen LogP contribution in [0.2, 0.25) is 0 Å². The second-order valence-electron chi connectivity index (χ2n) is 4.27. The van der Waals surface area contributed by atoms with Crippen molar-refractivity contribution in [1.82, 2.24) is 10.3 Å². The van der Waals surface area contributed by atoms with Crippen LogP contribution in [0.25, 0.3) is 0 Å². The van der Waals surface area contributed by atoms with E-state index in [0.717, 1.165) is 29.0 Å². The van der Waals surface area contributed by atoms with Crippen molar-refractivity contribution >= 4 is 15.9 Å². The molecule has 0 bridgehead atoms. The summed E-state index contributed by atoms with van der Waals surface area (Å²) in [6.07, 6.45) is 4.56. The fraction of sp³-hybridized carbons (Fsp3) is 0.357. The maximum atomic E-state index is 5.71. The molecule has 18 heavy (non-hydrogen) atoms. The van der Waals surface area contributed by atoms with Crippen molar-refractivity contribution in [1.29, 1.82) is 0 Å². The van der Waals surface area contributed by atoms with Gasteiger partial charge in [0.1, 0.15) is 11.5 Å². The summed E-state index contributed by atoms with van der Waals surface area (Å²) in [6.45, 7) is 4.97. The Balaban J connectivity index is 2.16. The van der Waals surface area contributed by atoms with Crippen molar-refractivity contribution in [3.8, 4) is 0 Å². The van der Waals surface area contributed by atoms with E-state index in [-0.39, 0.29) is 6.04 Å². The normalized spacial score (nSPS) is 12.6. The molecule has 2 aromatic rings. The van der Waals surface area contributed by atoms with Crippen molar-refractivity contribution in [2.75, 3.05) is 6.54 Å². The van der Waals surface area contributed by atoms with E-state index in [4.69, 9.17) is 4.42 Å². The molecule has 96 valence electrons. The van der Waals surface area contributed by atoms with Crippen LogP contribution in [0.5, 0.6) is 0 Å². The lowest BCUT2D eigenvalue weighted by Gasteiger charge is -2.15. The second kappa shape index (κ2) is 6.16. The van der Waals surface area contributed by atoms with Gasteiger partial charge in [-0.05, 0) is 59.6 Å². The minimum atomic E-state index is 0.194. The fourth-order valence-corrected chi connectivity index (χ4v) is 2.38. The van der Waals surface area contributed by atoms with Gasteiger partial charge in [0.05, 0.1) is 6.04 Å². The first-order valence-corrected chi connectivity index (χ1v) is 6.87. The van der Waals surface area contributed by atoms with Crippen LogP contribution in [0.1, 0.15) is 30.0 Å². The molecule has 2 rings (SSSR count). The molecule has 0 saturated carbocycles. The Morgan fingerprint density at radius 1 is 1.39 bits per heavy atom. The highest BCUT2D eigenvalue weighted by Crippen LogP contribution is 2.21. The standard InChI is InChI=1S/C14H17BrN2O/c1-3-17-13(14-5-4-10(2)18-14)7-11-6-12(15)9-16-8-11/h4-6,8-9,13,17H,3,7H2,1-2H3. The van der Waals surface area contributed by atoms with E-state index in [2.05, 4.69) is 39.2 Å². The first-order chi connectivity index (χ1) is 8.69. The van der Waals surface area contributed by atoms with E-state index >= 15 is 0 Å². The van der Waals surface area contributed by atoms with E-state index in [1.54, 1.807) is 6.20 Å². The molecule has 1 N–H and O–H groups in total. The molecule has 0 amide bonds. The number of hydrogen-bond acceptors (Lipinski definition) is 3. The van der Waals surface area contributed by atoms with Crippen molar-refractivity contribution in [2.45, 2.75) is 26.3 Å². The molecule has 1 unspecified atom stereocenters. The first kappa shape index (κ1) is 13.3. The smallest absolute Gasteiger partial charge is 0.121 e. The summed E-state index contributed by atoms with van der Waals surface area (Å²) < 4.78 is 6.71. The molecule has 2 heterocycles. The summed E-state index contributed by atoms with van der Waals surface area (Å²) in [7, 11) is 0. The molecule has 0 aliphatic carbocycles. The highest BCUT2D eigenvalue weighted by Gasteiger charge is 2.15. The molecular formula is C14H17BrN2O. The number of halogens is 1. The third-order valence-electron chi connectivity index (χ3n) is 2.76. The van der Waals surface area contributed by atoms with Crippen LogP contribution in [-0.4, -0.2) is 11.5 Å². The lowest BCUT2D eigenvalue weighted by Crippen LogP contribution is -2.22. The van der Waals surface area contributed by atoms with Gasteiger partial charge in [0, 0.05) is 16.9 Å². The number of aryl methyl sites for hydroxylation is 1. The summed E-state index contributed by atoms with van der Waals surface area (Å²) >= 11 is 3.45. The van der Waals surface area contributed by atoms with Gasteiger partial charge in [-0.15, -0.1) is 0 Å². The fourth-order valence-electron chi connectivity index (χ4n) is 1.96. The summed E-state index contributed by atoms with van der Waals surface area (Å²) in [4.78, 5) is 4.19. The third-order valence-corrected chi connectivity index (χ3v) is 3.19. The average molecular weight is 309 g/mol. The number of furan rings is 1. The molecule has 3 nitrogen and oxygen atoms in total. The van der Waals surface area contributed by atoms with Crippen LogP contribution < -0.4 is 5.32 Å². The van der Waals surface area contributed by atoms with E-state index in [1.807, 2.05) is 25.3 Å².